The molecule has 1 aromatic heterocycles. The van der Waals surface area contributed by atoms with Gasteiger partial charge in [-0.25, -0.2) is 0 Å². The van der Waals surface area contributed by atoms with Crippen molar-refractivity contribution in [3.63, 3.8) is 0 Å². The van der Waals surface area contributed by atoms with E-state index < -0.39 is 0 Å². The topological polar surface area (TPSA) is 40.8 Å². The average molecular weight is 447 g/mol. The lowest BCUT2D eigenvalue weighted by atomic mass is 10.1. The van der Waals surface area contributed by atoms with E-state index in [0.717, 1.165) is 56.6 Å². The number of aromatic nitrogens is 1. The van der Waals surface area contributed by atoms with Crippen molar-refractivity contribution in [3.8, 4) is 23.0 Å². The van der Waals surface area contributed by atoms with Crippen LogP contribution in [0, 0.1) is 13.8 Å². The van der Waals surface area contributed by atoms with Crippen LogP contribution in [-0.2, 0) is 7.05 Å². The van der Waals surface area contributed by atoms with Crippen LogP contribution in [0.15, 0.2) is 42.5 Å². The molecular weight excluding hydrogens is 414 g/mol. The summed E-state index contributed by atoms with van der Waals surface area (Å²) in [6.45, 7) is 3.99. The summed E-state index contributed by atoms with van der Waals surface area (Å²) in [7, 11) is 8.74. The van der Waals surface area contributed by atoms with Gasteiger partial charge >= 0.3 is 0 Å². The molecular formula is C28H32NO4+. The molecule has 0 saturated carbocycles. The molecule has 0 unspecified atom stereocenters. The first-order valence-electron chi connectivity index (χ1n) is 10.7. The van der Waals surface area contributed by atoms with Gasteiger partial charge in [0.15, 0.2) is 0 Å². The number of ether oxygens (including phenoxy) is 4. The molecule has 0 spiro atoms. The van der Waals surface area contributed by atoms with Crippen molar-refractivity contribution in [2.45, 2.75) is 13.8 Å². The minimum atomic E-state index is 0.811. The van der Waals surface area contributed by atoms with Crippen LogP contribution >= 0.6 is 0 Å². The van der Waals surface area contributed by atoms with E-state index in [-0.39, 0.29) is 0 Å². The van der Waals surface area contributed by atoms with E-state index in [1.807, 2.05) is 51.2 Å². The highest BCUT2D eigenvalue weighted by Crippen LogP contribution is 2.33. The Bertz CT molecular complexity index is 1110. The van der Waals surface area contributed by atoms with Gasteiger partial charge in [0.1, 0.15) is 30.0 Å². The van der Waals surface area contributed by atoms with E-state index >= 15 is 0 Å². The van der Waals surface area contributed by atoms with Crippen LogP contribution in [0.1, 0.15) is 33.6 Å². The van der Waals surface area contributed by atoms with Crippen molar-refractivity contribution < 1.29 is 23.5 Å². The molecule has 0 aliphatic heterocycles. The molecule has 3 rings (SSSR count). The molecule has 0 N–H and O–H groups in total. The summed E-state index contributed by atoms with van der Waals surface area (Å²) in [5, 5.41) is 0. The smallest absolute Gasteiger partial charge is 0.205 e. The normalized spacial score (nSPS) is 11.2. The predicted octanol–water partition coefficient (Wildman–Crippen LogP) is 5.50. The van der Waals surface area contributed by atoms with Gasteiger partial charge in [0.05, 0.1) is 28.4 Å². The second kappa shape index (κ2) is 10.7. The highest BCUT2D eigenvalue weighted by Gasteiger charge is 2.13. The standard InChI is InChI=1S/C28H32NO4/c1-19-25(30-4)17-13-21(27(19)32-6)11-15-23-9-8-10-24(29(23)3)16-12-22-14-18-26(31-5)20(2)28(22)33-7/h8-18H,1-7H3/q+1/b15-11+,16-12+. The summed E-state index contributed by atoms with van der Waals surface area (Å²) in [5.41, 5.74) is 6.07. The molecule has 0 saturated heterocycles. The lowest BCUT2D eigenvalue weighted by Crippen LogP contribution is -2.35. The Morgan fingerprint density at radius 3 is 1.36 bits per heavy atom. The maximum atomic E-state index is 5.63. The first-order chi connectivity index (χ1) is 15.9. The summed E-state index contributed by atoms with van der Waals surface area (Å²) < 4.78 is 24.2. The van der Waals surface area contributed by atoms with E-state index in [0.29, 0.717) is 0 Å². The van der Waals surface area contributed by atoms with Crippen LogP contribution in [0.3, 0.4) is 0 Å². The number of benzene rings is 2. The molecule has 3 aromatic rings. The van der Waals surface area contributed by atoms with Crippen molar-refractivity contribution in [2.24, 2.45) is 7.05 Å². The van der Waals surface area contributed by atoms with Gasteiger partial charge in [-0.15, -0.1) is 0 Å². The van der Waals surface area contributed by atoms with Gasteiger partial charge in [-0.1, -0.05) is 0 Å². The van der Waals surface area contributed by atoms with Gasteiger partial charge < -0.3 is 18.9 Å². The third kappa shape index (κ3) is 5.03. The number of hydrogen-bond donors (Lipinski definition) is 0. The second-order valence-electron chi connectivity index (χ2n) is 7.63. The zero-order valence-corrected chi connectivity index (χ0v) is 20.4. The largest absolute Gasteiger partial charge is 0.496 e. The molecule has 5 heteroatoms. The van der Waals surface area contributed by atoms with Crippen molar-refractivity contribution in [3.05, 3.63) is 76.1 Å². The van der Waals surface area contributed by atoms with Crippen molar-refractivity contribution in [2.75, 3.05) is 28.4 Å². The SMILES string of the molecule is COc1ccc(/C=C/c2cccc(/C=C/c3ccc(OC)c(C)c3OC)[n+]2C)c(OC)c1C. The van der Waals surface area contributed by atoms with Crippen LogP contribution in [0.2, 0.25) is 0 Å². The molecule has 0 bridgehead atoms. The summed E-state index contributed by atoms with van der Waals surface area (Å²) in [5.74, 6) is 3.24. The maximum Gasteiger partial charge on any atom is 0.205 e. The Hall–Kier alpha value is -3.73. The van der Waals surface area contributed by atoms with Crippen LogP contribution in [0.4, 0.5) is 0 Å². The van der Waals surface area contributed by atoms with Crippen molar-refractivity contribution in [1.82, 2.24) is 0 Å². The molecule has 0 aliphatic carbocycles. The maximum absolute atomic E-state index is 5.63. The number of rotatable bonds is 8. The summed E-state index contributed by atoms with van der Waals surface area (Å²) in [6, 6.07) is 14.1. The molecule has 0 radical (unpaired) electrons. The third-order valence-electron chi connectivity index (χ3n) is 5.80. The third-order valence-corrected chi connectivity index (χ3v) is 5.80. The van der Waals surface area contributed by atoms with Crippen LogP contribution in [0.25, 0.3) is 24.3 Å². The Morgan fingerprint density at radius 1 is 0.576 bits per heavy atom. The quantitative estimate of drug-likeness (QED) is 0.428. The fourth-order valence-electron chi connectivity index (χ4n) is 3.94. The van der Waals surface area contributed by atoms with Gasteiger partial charge in [0.2, 0.25) is 11.4 Å². The summed E-state index contributed by atoms with van der Waals surface area (Å²) >= 11 is 0. The number of methoxy groups -OCH3 is 4. The highest BCUT2D eigenvalue weighted by molar-refractivity contribution is 5.74. The fourth-order valence-corrected chi connectivity index (χ4v) is 3.94. The number of pyridine rings is 1. The molecule has 0 fully saturated rings. The lowest BCUT2D eigenvalue weighted by molar-refractivity contribution is -0.675. The van der Waals surface area contributed by atoms with E-state index in [2.05, 4.69) is 41.0 Å². The zero-order chi connectivity index (χ0) is 24.0. The van der Waals surface area contributed by atoms with E-state index in [4.69, 9.17) is 18.9 Å². The van der Waals surface area contributed by atoms with E-state index in [1.54, 1.807) is 28.4 Å². The first-order valence-corrected chi connectivity index (χ1v) is 10.7. The van der Waals surface area contributed by atoms with Crippen LogP contribution in [0.5, 0.6) is 23.0 Å². The van der Waals surface area contributed by atoms with E-state index in [9.17, 15) is 0 Å². The number of hydrogen-bond acceptors (Lipinski definition) is 4. The van der Waals surface area contributed by atoms with Crippen LogP contribution in [-0.4, -0.2) is 28.4 Å². The van der Waals surface area contributed by atoms with Gasteiger partial charge in [-0.05, 0) is 56.3 Å². The van der Waals surface area contributed by atoms with Crippen molar-refractivity contribution >= 4 is 24.3 Å². The number of nitrogens with zero attached hydrogens (tertiary/aromatic N) is 1. The van der Waals surface area contributed by atoms with Gasteiger partial charge in [0.25, 0.3) is 0 Å². The first kappa shape index (κ1) is 23.9. The minimum absolute atomic E-state index is 0.811. The molecule has 5 nitrogen and oxygen atoms in total. The molecule has 2 aromatic carbocycles. The molecule has 0 amide bonds. The molecule has 33 heavy (non-hydrogen) atoms. The fraction of sp³-hybridized carbons (Fsp3) is 0.250. The Morgan fingerprint density at radius 2 is 1.00 bits per heavy atom. The Labute approximate surface area is 196 Å². The molecule has 1 heterocycles. The van der Waals surface area contributed by atoms with Crippen molar-refractivity contribution in [1.29, 1.82) is 0 Å². The minimum Gasteiger partial charge on any atom is -0.496 e. The summed E-state index contributed by atoms with van der Waals surface area (Å²) in [6.07, 6.45) is 8.28. The lowest BCUT2D eigenvalue weighted by Gasteiger charge is -2.12. The molecule has 172 valence electrons. The Balaban J connectivity index is 1.93. The second-order valence-corrected chi connectivity index (χ2v) is 7.63. The monoisotopic (exact) mass is 446 g/mol. The van der Waals surface area contributed by atoms with Gasteiger partial charge in [-0.3, -0.25) is 0 Å². The highest BCUT2D eigenvalue weighted by atomic mass is 16.5. The van der Waals surface area contributed by atoms with Crippen LogP contribution < -0.4 is 23.5 Å². The zero-order valence-electron chi connectivity index (χ0n) is 20.4. The molecule has 0 aliphatic rings. The molecule has 0 atom stereocenters. The average Bonchev–Trinajstić information content (AvgIpc) is 2.82. The van der Waals surface area contributed by atoms with E-state index in [1.165, 1.54) is 0 Å². The van der Waals surface area contributed by atoms with Gasteiger partial charge in [0, 0.05) is 46.5 Å². The predicted molar refractivity (Wildman–Crippen MR) is 134 cm³/mol. The van der Waals surface area contributed by atoms with Gasteiger partial charge in [-0.2, -0.15) is 4.57 Å². The summed E-state index contributed by atoms with van der Waals surface area (Å²) in [4.78, 5) is 0. The Kier molecular flexibility index (Phi) is 7.78.